The molecule has 30 heavy (non-hydrogen) atoms. The van der Waals surface area contributed by atoms with Gasteiger partial charge in [-0.05, 0) is 37.6 Å². The summed E-state index contributed by atoms with van der Waals surface area (Å²) in [6.45, 7) is 3.08. The van der Waals surface area contributed by atoms with Crippen LogP contribution in [-0.4, -0.2) is 26.7 Å². The van der Waals surface area contributed by atoms with Crippen molar-refractivity contribution < 1.29 is 18.0 Å². The predicted octanol–water partition coefficient (Wildman–Crippen LogP) is 3.45. The van der Waals surface area contributed by atoms with Gasteiger partial charge in [0.15, 0.2) is 5.78 Å². The predicted molar refractivity (Wildman–Crippen MR) is 116 cm³/mol. The molecule has 0 bridgehead atoms. The maximum atomic E-state index is 12.9. The van der Waals surface area contributed by atoms with Crippen molar-refractivity contribution in [2.24, 2.45) is 0 Å². The molecule has 154 valence electrons. The molecule has 0 heterocycles. The Morgan fingerprint density at radius 2 is 1.53 bits per heavy atom. The third-order valence-corrected chi connectivity index (χ3v) is 6.10. The van der Waals surface area contributed by atoms with Gasteiger partial charge < -0.3 is 5.32 Å². The molecule has 0 fully saturated rings. The topological polar surface area (TPSA) is 92.3 Å². The molecule has 1 amide bonds. The summed E-state index contributed by atoms with van der Waals surface area (Å²) in [6.07, 6.45) is 0. The largest absolute Gasteiger partial charge is 0.324 e. The van der Waals surface area contributed by atoms with Crippen molar-refractivity contribution in [3.05, 3.63) is 95.1 Å². The van der Waals surface area contributed by atoms with E-state index >= 15 is 0 Å². The number of aryl methyl sites for hydroxylation is 2. The van der Waals surface area contributed by atoms with Gasteiger partial charge in [-0.25, -0.2) is 13.1 Å². The highest BCUT2D eigenvalue weighted by molar-refractivity contribution is 7.89. The molecule has 0 aliphatic carbocycles. The number of hydrogen-bond acceptors (Lipinski definition) is 4. The Morgan fingerprint density at radius 1 is 0.867 bits per heavy atom. The number of amides is 1. The molecule has 6 nitrogen and oxygen atoms in total. The molecule has 0 aromatic heterocycles. The SMILES string of the molecule is Cc1ccc(NC(=O)CNS(=O)(=O)c2ccccc2C)c(C(=O)c2ccccc2)c1. The van der Waals surface area contributed by atoms with E-state index in [0.717, 1.165) is 5.56 Å². The van der Waals surface area contributed by atoms with Crippen molar-refractivity contribution in [2.75, 3.05) is 11.9 Å². The first-order chi connectivity index (χ1) is 14.3. The van der Waals surface area contributed by atoms with Crippen LogP contribution in [0.25, 0.3) is 0 Å². The smallest absolute Gasteiger partial charge is 0.241 e. The van der Waals surface area contributed by atoms with Crippen LogP contribution in [0.5, 0.6) is 0 Å². The lowest BCUT2D eigenvalue weighted by atomic mass is 9.99. The fourth-order valence-electron chi connectivity index (χ4n) is 2.99. The molecule has 3 aromatic carbocycles. The van der Waals surface area contributed by atoms with Crippen LogP contribution in [-0.2, 0) is 14.8 Å². The lowest BCUT2D eigenvalue weighted by Crippen LogP contribution is -2.33. The van der Waals surface area contributed by atoms with Gasteiger partial charge in [0.1, 0.15) is 0 Å². The van der Waals surface area contributed by atoms with Gasteiger partial charge in [0.25, 0.3) is 0 Å². The molecule has 2 N–H and O–H groups in total. The summed E-state index contributed by atoms with van der Waals surface area (Å²) in [4.78, 5) is 25.4. The Hall–Kier alpha value is -3.29. The molecule has 3 aromatic rings. The Bertz CT molecular complexity index is 1190. The van der Waals surface area contributed by atoms with Gasteiger partial charge in [0.2, 0.25) is 15.9 Å². The summed E-state index contributed by atoms with van der Waals surface area (Å²) in [5, 5.41) is 2.64. The number of carbonyl (C=O) groups is 2. The van der Waals surface area contributed by atoms with Crippen molar-refractivity contribution in [3.8, 4) is 0 Å². The van der Waals surface area contributed by atoms with Crippen molar-refractivity contribution in [1.29, 1.82) is 0 Å². The average Bonchev–Trinajstić information content (AvgIpc) is 2.74. The quantitative estimate of drug-likeness (QED) is 0.571. The third kappa shape index (κ3) is 5.00. The van der Waals surface area contributed by atoms with Gasteiger partial charge in [-0.3, -0.25) is 9.59 Å². The monoisotopic (exact) mass is 422 g/mol. The highest BCUT2D eigenvalue weighted by Crippen LogP contribution is 2.21. The van der Waals surface area contributed by atoms with Gasteiger partial charge in [0, 0.05) is 11.1 Å². The first-order valence-corrected chi connectivity index (χ1v) is 10.8. The Labute approximate surface area is 176 Å². The molecule has 0 radical (unpaired) electrons. The van der Waals surface area contributed by atoms with Crippen molar-refractivity contribution in [1.82, 2.24) is 4.72 Å². The second kappa shape index (κ2) is 9.02. The maximum absolute atomic E-state index is 12.9. The van der Waals surface area contributed by atoms with E-state index in [9.17, 15) is 18.0 Å². The van der Waals surface area contributed by atoms with E-state index in [2.05, 4.69) is 10.0 Å². The van der Waals surface area contributed by atoms with Crippen LogP contribution in [0.3, 0.4) is 0 Å². The van der Waals surface area contributed by atoms with Crippen LogP contribution in [0.4, 0.5) is 5.69 Å². The molecule has 7 heteroatoms. The lowest BCUT2D eigenvalue weighted by molar-refractivity contribution is -0.115. The zero-order chi connectivity index (χ0) is 21.7. The van der Waals surface area contributed by atoms with Crippen molar-refractivity contribution >= 4 is 27.4 Å². The number of ketones is 1. The fourth-order valence-corrected chi connectivity index (χ4v) is 4.22. The van der Waals surface area contributed by atoms with Crippen LogP contribution in [0.15, 0.2) is 77.7 Å². The lowest BCUT2D eigenvalue weighted by Gasteiger charge is -2.13. The first-order valence-electron chi connectivity index (χ1n) is 9.33. The van der Waals surface area contributed by atoms with Crippen LogP contribution in [0.1, 0.15) is 27.0 Å². The Kier molecular flexibility index (Phi) is 6.44. The van der Waals surface area contributed by atoms with E-state index in [1.807, 2.05) is 13.0 Å². The van der Waals surface area contributed by atoms with Crippen LogP contribution >= 0.6 is 0 Å². The molecule has 0 spiro atoms. The van der Waals surface area contributed by atoms with Crippen LogP contribution in [0, 0.1) is 13.8 Å². The standard InChI is InChI=1S/C23H22N2O4S/c1-16-12-13-20(19(14-16)23(27)18-9-4-3-5-10-18)25-22(26)15-24-30(28,29)21-11-7-6-8-17(21)2/h3-14,24H,15H2,1-2H3,(H,25,26). The van der Waals surface area contributed by atoms with E-state index in [1.165, 1.54) is 6.07 Å². The van der Waals surface area contributed by atoms with Gasteiger partial charge in [0.05, 0.1) is 17.1 Å². The summed E-state index contributed by atoms with van der Waals surface area (Å²) in [6, 6.07) is 20.4. The molecular formula is C23H22N2O4S. The fraction of sp³-hybridized carbons (Fsp3) is 0.130. The van der Waals surface area contributed by atoms with E-state index in [-0.39, 0.29) is 10.7 Å². The second-order valence-electron chi connectivity index (χ2n) is 6.88. The maximum Gasteiger partial charge on any atom is 0.241 e. The molecule has 3 rings (SSSR count). The Morgan fingerprint density at radius 3 is 2.23 bits per heavy atom. The minimum Gasteiger partial charge on any atom is -0.324 e. The van der Waals surface area contributed by atoms with E-state index in [1.54, 1.807) is 67.6 Å². The van der Waals surface area contributed by atoms with Gasteiger partial charge >= 0.3 is 0 Å². The number of sulfonamides is 1. The molecular weight excluding hydrogens is 400 g/mol. The minimum absolute atomic E-state index is 0.119. The molecule has 0 aliphatic rings. The zero-order valence-corrected chi connectivity index (χ0v) is 17.5. The highest BCUT2D eigenvalue weighted by Gasteiger charge is 2.19. The number of hydrogen-bond donors (Lipinski definition) is 2. The number of nitrogens with one attached hydrogen (secondary N) is 2. The molecule has 0 aliphatic heterocycles. The summed E-state index contributed by atoms with van der Waals surface area (Å²) >= 11 is 0. The normalized spacial score (nSPS) is 11.1. The Balaban J connectivity index is 1.76. The summed E-state index contributed by atoms with van der Waals surface area (Å²) in [7, 11) is -3.83. The third-order valence-electron chi connectivity index (χ3n) is 4.54. The van der Waals surface area contributed by atoms with E-state index in [0.29, 0.717) is 22.4 Å². The zero-order valence-electron chi connectivity index (χ0n) is 16.7. The summed E-state index contributed by atoms with van der Waals surface area (Å²) < 4.78 is 27.2. The van der Waals surface area contributed by atoms with Gasteiger partial charge in [-0.15, -0.1) is 0 Å². The minimum atomic E-state index is -3.83. The second-order valence-corrected chi connectivity index (χ2v) is 8.62. The van der Waals surface area contributed by atoms with E-state index < -0.39 is 22.5 Å². The van der Waals surface area contributed by atoms with Gasteiger partial charge in [-0.2, -0.15) is 0 Å². The molecule has 0 unspecified atom stereocenters. The number of carbonyl (C=O) groups excluding carboxylic acids is 2. The van der Waals surface area contributed by atoms with Crippen molar-refractivity contribution in [2.45, 2.75) is 18.7 Å². The van der Waals surface area contributed by atoms with Crippen LogP contribution < -0.4 is 10.0 Å². The summed E-state index contributed by atoms with van der Waals surface area (Å²) in [5.41, 5.74) is 2.62. The average molecular weight is 423 g/mol. The van der Waals surface area contributed by atoms with Gasteiger partial charge in [-0.1, -0.05) is 60.2 Å². The molecule has 0 saturated carbocycles. The molecule has 0 saturated heterocycles. The van der Waals surface area contributed by atoms with E-state index in [4.69, 9.17) is 0 Å². The summed E-state index contributed by atoms with van der Waals surface area (Å²) in [5.74, 6) is -0.798. The highest BCUT2D eigenvalue weighted by atomic mass is 32.2. The number of benzene rings is 3. The van der Waals surface area contributed by atoms with Crippen LogP contribution in [0.2, 0.25) is 0 Å². The number of anilines is 1. The van der Waals surface area contributed by atoms with Crippen molar-refractivity contribution in [3.63, 3.8) is 0 Å². The first kappa shape index (κ1) is 21.4. The molecule has 0 atom stereocenters. The number of rotatable bonds is 7.